The van der Waals surface area contributed by atoms with Crippen LogP contribution in [0.5, 0.6) is 0 Å². The minimum Gasteiger partial charge on any atom is -0.437 e. The van der Waals surface area contributed by atoms with Gasteiger partial charge in [-0.3, -0.25) is 19.6 Å². The molecule has 5 atom stereocenters. The highest BCUT2D eigenvalue weighted by Crippen LogP contribution is 2.19. The quantitative estimate of drug-likeness (QED) is 0.0501. The van der Waals surface area contributed by atoms with Crippen molar-refractivity contribution in [1.29, 1.82) is 0 Å². The van der Waals surface area contributed by atoms with E-state index in [4.69, 9.17) is 33.4 Å². The summed E-state index contributed by atoms with van der Waals surface area (Å²) in [6.07, 6.45) is 10.8. The number of ether oxygens (including phenoxy) is 1. The maximum atomic E-state index is 11.2. The molecule has 6 aliphatic heterocycles. The Morgan fingerprint density at radius 2 is 1.12 bits per heavy atom. The van der Waals surface area contributed by atoms with E-state index < -0.39 is 39.3 Å². The Balaban J connectivity index is 0.000000226. The van der Waals surface area contributed by atoms with Gasteiger partial charge in [0.1, 0.15) is 6.04 Å². The molecule has 6 saturated heterocycles. The van der Waals surface area contributed by atoms with Crippen LogP contribution in [-0.2, 0) is 22.6 Å². The lowest BCUT2D eigenvalue weighted by Gasteiger charge is -2.40. The average molecular weight is 1020 g/mol. The Labute approximate surface area is 421 Å². The molecule has 1 amide bonds. The molecule has 0 radical (unpaired) electrons. The average Bonchev–Trinajstić information content (AvgIpc) is 4.12. The summed E-state index contributed by atoms with van der Waals surface area (Å²) < 4.78 is 8.70. The number of aromatic nitrogens is 4. The van der Waals surface area contributed by atoms with E-state index in [1.807, 2.05) is 54.7 Å². The number of aliphatic hydroxyl groups excluding tert-OH is 2. The molecule has 8 N–H and O–H groups in total. The van der Waals surface area contributed by atoms with E-state index >= 15 is 0 Å². The van der Waals surface area contributed by atoms with Crippen molar-refractivity contribution >= 4 is 63.5 Å². The SMILES string of the molecule is CB(O)N1CCN(C)[C@@H](CO)C1.CB(O)N1CCN(C)[C@@H](Cn2ccnc2)C1.CB(O)N1CCN2C(=O)OC(=O)[C@H]2C1.CB(O)N1CCN[C@@H](CO)C1.CN1CCNC[C@@H]1Cn1ccnc1.ClCCl. The summed E-state index contributed by atoms with van der Waals surface area (Å²) in [6, 6.07) is 0.804. The van der Waals surface area contributed by atoms with Gasteiger partial charge < -0.3 is 74.1 Å². The summed E-state index contributed by atoms with van der Waals surface area (Å²) >= 11 is 9.53. The van der Waals surface area contributed by atoms with Crippen molar-refractivity contribution in [2.24, 2.45) is 0 Å². The first-order valence-corrected chi connectivity index (χ1v) is 25.0. The molecule has 8 rings (SSSR count). The van der Waals surface area contributed by atoms with Crippen LogP contribution < -0.4 is 10.6 Å². The topological polar surface area (TPSA) is 250 Å². The molecule has 0 spiro atoms. The highest BCUT2D eigenvalue weighted by atomic mass is 35.5. The van der Waals surface area contributed by atoms with Crippen LogP contribution in [0.4, 0.5) is 4.79 Å². The maximum Gasteiger partial charge on any atom is 0.418 e. The van der Waals surface area contributed by atoms with E-state index in [0.717, 1.165) is 91.6 Å². The summed E-state index contributed by atoms with van der Waals surface area (Å²) in [5.74, 6) is -0.514. The third-order valence-corrected chi connectivity index (χ3v) is 13.2. The summed E-state index contributed by atoms with van der Waals surface area (Å²) in [5.41, 5.74) is 0. The number of fused-ring (bicyclic) bond motifs is 1. The normalized spacial score (nSPS) is 25.1. The summed E-state index contributed by atoms with van der Waals surface area (Å²) in [7, 11) is 4.59. The zero-order valence-corrected chi connectivity index (χ0v) is 43.3. The van der Waals surface area contributed by atoms with Gasteiger partial charge in [-0.25, -0.2) is 19.6 Å². The van der Waals surface area contributed by atoms with Crippen LogP contribution in [0, 0.1) is 0 Å². The maximum absolute atomic E-state index is 11.2. The number of rotatable bonds is 10. The molecule has 0 aromatic carbocycles. The van der Waals surface area contributed by atoms with Gasteiger partial charge in [-0.1, -0.05) is 0 Å². The van der Waals surface area contributed by atoms with Crippen molar-refractivity contribution in [3.05, 3.63) is 37.4 Å². The molecule has 0 saturated carbocycles. The first-order valence-electron chi connectivity index (χ1n) is 23.9. The van der Waals surface area contributed by atoms with Crippen LogP contribution in [0.3, 0.4) is 0 Å². The first-order chi connectivity index (χ1) is 32.9. The Kier molecular flexibility index (Phi) is 28.8. The fourth-order valence-electron chi connectivity index (χ4n) is 8.45. The summed E-state index contributed by atoms with van der Waals surface area (Å²) in [4.78, 5) is 46.4. The van der Waals surface area contributed by atoms with Crippen LogP contribution in [0.2, 0.25) is 27.3 Å². The van der Waals surface area contributed by atoms with Gasteiger partial charge in [0.05, 0.1) is 31.2 Å². The first kappa shape index (κ1) is 60.9. The van der Waals surface area contributed by atoms with Crippen LogP contribution in [0.25, 0.3) is 0 Å². The standard InChI is InChI=1S/C10H19BN4O.C9H16N4.C7H11BN2O4.C7H17BN2O2.C6H15BN2O2.CH2Cl2/c1-11(16)15-6-5-13(2)10(8-15)7-14-4-3-12-9-14;1-12-4-2-10-6-9(12)7-13-5-3-11-8-13;1-8(13)9-2-3-10-5(4-9)6(11)14-7(10)12;1-8(12)10-4-3-9(2)7(5-10)6-11;1-7(11)9-3-2-8-6(4-9)5-10;2-1-3/h3-4,9-10,16H,5-8H2,1-2H3;3,5,8-10H,2,4,6-7H2,1H3;5,13H,2-4H2,1H3;7,11-12H,3-6H2,1-2H3;6,8,10-11H,2-5H2,1H3;1H2/t10-;9-;5-;7-;6-;/m01111./s1. The predicted molar refractivity (Wildman–Crippen MR) is 273 cm³/mol. The number of hydrogen-bond acceptors (Lipinski definition) is 20. The molecule has 69 heavy (non-hydrogen) atoms. The molecule has 0 aliphatic carbocycles. The van der Waals surface area contributed by atoms with Gasteiger partial charge in [-0.15, -0.1) is 23.2 Å². The molecule has 29 heteroatoms. The number of imidazole rings is 2. The number of likely N-dealkylation sites (N-methyl/N-ethyl adjacent to an activating group) is 3. The summed E-state index contributed by atoms with van der Waals surface area (Å²) in [6.45, 7) is 21.8. The zero-order valence-electron chi connectivity index (χ0n) is 41.8. The molecule has 23 nitrogen and oxygen atoms in total. The molecule has 6 aliphatic rings. The fourth-order valence-corrected chi connectivity index (χ4v) is 8.45. The monoisotopic (exact) mass is 1010 g/mol. The van der Waals surface area contributed by atoms with Gasteiger partial charge in [0.15, 0.2) is 0 Å². The fraction of sp³-hybridized carbons (Fsp3) is 0.800. The molecule has 0 unspecified atom stereocenters. The van der Waals surface area contributed by atoms with E-state index in [9.17, 15) is 29.7 Å². The summed E-state index contributed by atoms with van der Waals surface area (Å²) in [5, 5.41) is 62.0. The number of carbonyl (C=O) groups excluding carboxylic acids is 2. The van der Waals surface area contributed by atoms with Crippen LogP contribution in [0.1, 0.15) is 0 Å². The van der Waals surface area contributed by atoms with E-state index in [-0.39, 0.29) is 37.7 Å². The third kappa shape index (κ3) is 21.3. The number of alkyl halides is 2. The van der Waals surface area contributed by atoms with E-state index in [2.05, 4.69) is 68.1 Å². The number of nitrogens with zero attached hydrogens (tertiary/aromatic N) is 12. The third-order valence-electron chi connectivity index (χ3n) is 13.2. The number of cyclic esters (lactones) is 2. The van der Waals surface area contributed by atoms with E-state index in [1.54, 1.807) is 31.5 Å². The van der Waals surface area contributed by atoms with Gasteiger partial charge >= 0.3 is 40.3 Å². The van der Waals surface area contributed by atoms with Crippen LogP contribution >= 0.6 is 23.2 Å². The van der Waals surface area contributed by atoms with Crippen molar-refractivity contribution < 1.29 is 44.6 Å². The number of esters is 1. The van der Waals surface area contributed by atoms with Crippen molar-refractivity contribution in [3.63, 3.8) is 0 Å². The number of piperazine rings is 5. The minimum absolute atomic E-state index is 0.123. The largest absolute Gasteiger partial charge is 0.437 e. The number of carbonyl (C=O) groups is 2. The number of hydrogen-bond donors (Lipinski definition) is 8. The second kappa shape index (κ2) is 32.6. The molecule has 390 valence electrons. The molecule has 2 aromatic heterocycles. The number of amides is 1. The van der Waals surface area contributed by atoms with Crippen molar-refractivity contribution in [2.45, 2.75) is 70.6 Å². The van der Waals surface area contributed by atoms with Crippen molar-refractivity contribution in [2.75, 3.05) is 138 Å². The molecule has 2 aromatic rings. The lowest BCUT2D eigenvalue weighted by Crippen LogP contribution is -2.56. The van der Waals surface area contributed by atoms with Crippen LogP contribution in [-0.4, -0.2) is 297 Å². The van der Waals surface area contributed by atoms with Gasteiger partial charge in [0, 0.05) is 160 Å². The lowest BCUT2D eigenvalue weighted by molar-refractivity contribution is -0.136. The van der Waals surface area contributed by atoms with Gasteiger partial charge in [-0.2, -0.15) is 0 Å². The second-order valence-corrected chi connectivity index (χ2v) is 19.0. The Hall–Kier alpha value is -2.40. The predicted octanol–water partition coefficient (Wildman–Crippen LogP) is -3.35. The molecule has 0 bridgehead atoms. The lowest BCUT2D eigenvalue weighted by atomic mass is 9.83. The zero-order chi connectivity index (χ0) is 51.0. The second-order valence-electron chi connectivity index (χ2n) is 18.1. The van der Waals surface area contributed by atoms with E-state index in [1.165, 1.54) is 4.90 Å². The Bertz CT molecular complexity index is 1680. The minimum atomic E-state index is -0.597. The number of nitrogens with one attached hydrogen (secondary N) is 2. The molecular weight excluding hydrogens is 935 g/mol. The van der Waals surface area contributed by atoms with Gasteiger partial charge in [0.2, 0.25) is 0 Å². The Morgan fingerprint density at radius 1 is 0.638 bits per heavy atom. The highest BCUT2D eigenvalue weighted by molar-refractivity contribution is 6.46. The number of halogens is 2. The molecule has 8 heterocycles. The Morgan fingerprint density at radius 3 is 1.61 bits per heavy atom. The van der Waals surface area contributed by atoms with Crippen molar-refractivity contribution in [3.8, 4) is 0 Å². The highest BCUT2D eigenvalue weighted by Gasteiger charge is 2.45. The van der Waals surface area contributed by atoms with Gasteiger partial charge in [0.25, 0.3) is 0 Å². The smallest absolute Gasteiger partial charge is 0.418 e. The van der Waals surface area contributed by atoms with Gasteiger partial charge in [-0.05, 0) is 48.4 Å². The van der Waals surface area contributed by atoms with E-state index in [0.29, 0.717) is 31.7 Å². The molecule has 6 fully saturated rings. The number of aliphatic hydroxyl groups is 2. The molecular formula is C40H80B4Cl2N14O9. The van der Waals surface area contributed by atoms with Crippen LogP contribution in [0.15, 0.2) is 37.4 Å². The van der Waals surface area contributed by atoms with Crippen molar-refractivity contribution in [1.82, 2.24) is 68.6 Å².